The van der Waals surface area contributed by atoms with E-state index in [0.717, 1.165) is 23.3 Å². The zero-order chi connectivity index (χ0) is 26.0. The number of hydrogen-bond donors (Lipinski definition) is 0. The molecule has 37 heavy (non-hydrogen) atoms. The molecule has 0 radical (unpaired) electrons. The first kappa shape index (κ1) is 24.2. The van der Waals surface area contributed by atoms with Crippen molar-refractivity contribution in [3.8, 4) is 16.9 Å². The van der Waals surface area contributed by atoms with Crippen LogP contribution in [0.25, 0.3) is 11.1 Å². The molecule has 0 saturated carbocycles. The highest BCUT2D eigenvalue weighted by atomic mass is 19.4. The van der Waals surface area contributed by atoms with Crippen LogP contribution in [0.3, 0.4) is 0 Å². The zero-order valence-electron chi connectivity index (χ0n) is 19.5. The Kier molecular flexibility index (Phi) is 6.48. The number of pyridine rings is 1. The number of carbonyl (C=O) groups is 2. The number of amides is 1. The van der Waals surface area contributed by atoms with Gasteiger partial charge in [0.1, 0.15) is 5.75 Å². The Morgan fingerprint density at radius 3 is 2.32 bits per heavy atom. The number of esters is 1. The van der Waals surface area contributed by atoms with E-state index in [9.17, 15) is 22.8 Å². The smallest absolute Gasteiger partial charge is 0.416 e. The number of alkyl halides is 3. The fourth-order valence-corrected chi connectivity index (χ4v) is 4.36. The molecule has 0 N–H and O–H groups in total. The number of nitrogens with zero attached hydrogens (tertiary/aromatic N) is 2. The Morgan fingerprint density at radius 2 is 1.59 bits per heavy atom. The van der Waals surface area contributed by atoms with E-state index in [-0.39, 0.29) is 11.5 Å². The van der Waals surface area contributed by atoms with Gasteiger partial charge in [-0.05, 0) is 71.1 Å². The van der Waals surface area contributed by atoms with Gasteiger partial charge in [-0.15, -0.1) is 0 Å². The molecule has 0 unspecified atom stereocenters. The van der Waals surface area contributed by atoms with Gasteiger partial charge in [-0.25, -0.2) is 4.79 Å². The van der Waals surface area contributed by atoms with Crippen LogP contribution in [-0.2, 0) is 19.1 Å². The number of hydrogen-bond acceptors (Lipinski definition) is 4. The van der Waals surface area contributed by atoms with Crippen molar-refractivity contribution in [1.82, 2.24) is 9.88 Å². The van der Waals surface area contributed by atoms with Gasteiger partial charge in [0.25, 0.3) is 5.91 Å². The van der Waals surface area contributed by atoms with E-state index in [1.807, 2.05) is 6.07 Å². The van der Waals surface area contributed by atoms with Crippen LogP contribution in [-0.4, -0.2) is 28.3 Å². The van der Waals surface area contributed by atoms with Crippen molar-refractivity contribution in [2.75, 3.05) is 6.54 Å². The van der Waals surface area contributed by atoms with Gasteiger partial charge in [-0.2, -0.15) is 13.2 Å². The molecular formula is C29H21F3N2O3. The maximum Gasteiger partial charge on any atom is 0.416 e. The number of rotatable bonds is 4. The molecule has 186 valence electrons. The minimum absolute atomic E-state index is 0.0663. The lowest BCUT2D eigenvalue weighted by molar-refractivity contribution is -0.137. The van der Waals surface area contributed by atoms with Crippen LogP contribution in [0.1, 0.15) is 37.4 Å². The SMILES string of the molecule is O=C(Oc1ccc2c(c1)CCN(C(=O)c1ccncc1)C2)c1ccccc1-c1ccc(C(F)(F)F)cc1. The molecule has 0 fully saturated rings. The average Bonchev–Trinajstić information content (AvgIpc) is 2.92. The molecule has 1 amide bonds. The monoisotopic (exact) mass is 502 g/mol. The maximum atomic E-state index is 13.0. The maximum absolute atomic E-state index is 13.0. The molecule has 0 bridgehead atoms. The molecule has 0 spiro atoms. The Balaban J connectivity index is 1.32. The lowest BCUT2D eigenvalue weighted by Gasteiger charge is -2.29. The number of benzene rings is 3. The molecule has 1 aromatic heterocycles. The summed E-state index contributed by atoms with van der Waals surface area (Å²) in [5.41, 5.74) is 2.98. The Bertz CT molecular complexity index is 1450. The largest absolute Gasteiger partial charge is 0.423 e. The van der Waals surface area contributed by atoms with Crippen LogP contribution in [0.15, 0.2) is 91.3 Å². The predicted octanol–water partition coefficient (Wildman–Crippen LogP) is 6.19. The molecule has 5 rings (SSSR count). The molecule has 0 saturated heterocycles. The number of ether oxygens (including phenoxy) is 1. The zero-order valence-corrected chi connectivity index (χ0v) is 19.5. The van der Waals surface area contributed by atoms with Gasteiger partial charge in [0, 0.05) is 31.0 Å². The van der Waals surface area contributed by atoms with Crippen molar-refractivity contribution in [2.45, 2.75) is 19.1 Å². The first-order valence-electron chi connectivity index (χ1n) is 11.6. The Labute approximate surface area is 211 Å². The summed E-state index contributed by atoms with van der Waals surface area (Å²) in [7, 11) is 0. The molecule has 5 nitrogen and oxygen atoms in total. The Morgan fingerprint density at radius 1 is 0.865 bits per heavy atom. The Hall–Kier alpha value is -4.46. The van der Waals surface area contributed by atoms with E-state index >= 15 is 0 Å². The highest BCUT2D eigenvalue weighted by Crippen LogP contribution is 2.32. The molecule has 4 aromatic rings. The minimum atomic E-state index is -4.44. The summed E-state index contributed by atoms with van der Waals surface area (Å²) in [6, 6.07) is 20.0. The normalized spacial score (nSPS) is 13.1. The van der Waals surface area contributed by atoms with Gasteiger partial charge in [0.05, 0.1) is 11.1 Å². The third-order valence-electron chi connectivity index (χ3n) is 6.29. The third kappa shape index (κ3) is 5.23. The summed E-state index contributed by atoms with van der Waals surface area (Å²) in [6.45, 7) is 0.976. The summed E-state index contributed by atoms with van der Waals surface area (Å²) < 4.78 is 44.4. The van der Waals surface area contributed by atoms with Gasteiger partial charge in [-0.3, -0.25) is 9.78 Å². The summed E-state index contributed by atoms with van der Waals surface area (Å²) >= 11 is 0. The van der Waals surface area contributed by atoms with Crippen LogP contribution in [0.4, 0.5) is 13.2 Å². The molecule has 1 aliphatic heterocycles. The second-order valence-corrected chi connectivity index (χ2v) is 8.65. The lowest BCUT2D eigenvalue weighted by atomic mass is 9.98. The standard InChI is InChI=1S/C29H21F3N2O3/c30-29(31,32)23-8-5-19(6-9-23)25-3-1-2-4-26(25)28(36)37-24-10-7-22-18-34(16-13-21(22)17-24)27(35)20-11-14-33-15-12-20/h1-12,14-15,17H,13,16,18H2. The van der Waals surface area contributed by atoms with E-state index in [1.165, 1.54) is 12.1 Å². The summed E-state index contributed by atoms with van der Waals surface area (Å²) in [6.07, 6.45) is -0.657. The van der Waals surface area contributed by atoms with Crippen LogP contribution in [0.5, 0.6) is 5.75 Å². The molecule has 2 heterocycles. The van der Waals surface area contributed by atoms with Crippen molar-refractivity contribution >= 4 is 11.9 Å². The quantitative estimate of drug-likeness (QED) is 0.247. The van der Waals surface area contributed by atoms with Crippen molar-refractivity contribution in [1.29, 1.82) is 0 Å². The number of aromatic nitrogens is 1. The van der Waals surface area contributed by atoms with Gasteiger partial charge in [-0.1, -0.05) is 36.4 Å². The highest BCUT2D eigenvalue weighted by Gasteiger charge is 2.30. The van der Waals surface area contributed by atoms with Crippen molar-refractivity contribution in [2.24, 2.45) is 0 Å². The minimum Gasteiger partial charge on any atom is -0.423 e. The number of fused-ring (bicyclic) bond motifs is 1. The topological polar surface area (TPSA) is 59.5 Å². The van der Waals surface area contributed by atoms with Crippen LogP contribution >= 0.6 is 0 Å². The molecular weight excluding hydrogens is 481 g/mol. The van der Waals surface area contributed by atoms with Gasteiger partial charge < -0.3 is 9.64 Å². The number of carbonyl (C=O) groups excluding carboxylic acids is 2. The van der Waals surface area contributed by atoms with E-state index < -0.39 is 17.7 Å². The fraction of sp³-hybridized carbons (Fsp3) is 0.138. The second-order valence-electron chi connectivity index (χ2n) is 8.65. The molecule has 1 aliphatic rings. The summed E-state index contributed by atoms with van der Waals surface area (Å²) in [5.74, 6) is -0.316. The van der Waals surface area contributed by atoms with Crippen LogP contribution in [0.2, 0.25) is 0 Å². The van der Waals surface area contributed by atoms with Crippen LogP contribution < -0.4 is 4.74 Å². The molecule has 8 heteroatoms. The molecule has 3 aromatic carbocycles. The summed E-state index contributed by atoms with van der Waals surface area (Å²) in [5, 5.41) is 0. The predicted molar refractivity (Wildman–Crippen MR) is 131 cm³/mol. The average molecular weight is 502 g/mol. The highest BCUT2D eigenvalue weighted by molar-refractivity contribution is 5.98. The molecule has 0 atom stereocenters. The van der Waals surface area contributed by atoms with Gasteiger partial charge >= 0.3 is 12.1 Å². The first-order valence-corrected chi connectivity index (χ1v) is 11.6. The first-order chi connectivity index (χ1) is 17.8. The second kappa shape index (κ2) is 9.89. The van der Waals surface area contributed by atoms with Crippen molar-refractivity contribution in [3.63, 3.8) is 0 Å². The van der Waals surface area contributed by atoms with Gasteiger partial charge in [0.15, 0.2) is 0 Å². The van der Waals surface area contributed by atoms with Crippen molar-refractivity contribution < 1.29 is 27.5 Å². The van der Waals surface area contributed by atoms with Gasteiger partial charge in [0.2, 0.25) is 0 Å². The van der Waals surface area contributed by atoms with Crippen molar-refractivity contribution in [3.05, 3.63) is 119 Å². The third-order valence-corrected chi connectivity index (χ3v) is 6.29. The summed E-state index contributed by atoms with van der Waals surface area (Å²) in [4.78, 5) is 31.5. The number of halogens is 3. The van der Waals surface area contributed by atoms with E-state index in [1.54, 1.807) is 65.8 Å². The fourth-order valence-electron chi connectivity index (χ4n) is 4.36. The molecule has 0 aliphatic carbocycles. The van der Waals surface area contributed by atoms with E-state index in [4.69, 9.17) is 4.74 Å². The van der Waals surface area contributed by atoms with E-state index in [0.29, 0.717) is 42.0 Å². The lowest BCUT2D eigenvalue weighted by Crippen LogP contribution is -2.35. The van der Waals surface area contributed by atoms with Crippen LogP contribution in [0, 0.1) is 0 Å². The van der Waals surface area contributed by atoms with E-state index in [2.05, 4.69) is 4.98 Å².